The van der Waals surface area contributed by atoms with Gasteiger partial charge in [-0.05, 0) is 25.8 Å². The van der Waals surface area contributed by atoms with Crippen LogP contribution in [0.25, 0.3) is 0 Å². The van der Waals surface area contributed by atoms with Crippen molar-refractivity contribution < 1.29 is 0 Å². The van der Waals surface area contributed by atoms with E-state index in [0.717, 1.165) is 38.6 Å². The van der Waals surface area contributed by atoms with Gasteiger partial charge in [-0.1, -0.05) is 90.4 Å². The molecule has 0 heterocycles. The van der Waals surface area contributed by atoms with Gasteiger partial charge in [0.15, 0.2) is 0 Å². The maximum Gasteiger partial charge on any atom is 0.0792 e. The quantitative estimate of drug-likeness (QED) is 0.222. The number of rotatable bonds is 18. The zero-order valence-corrected chi connectivity index (χ0v) is 16.4. The summed E-state index contributed by atoms with van der Waals surface area (Å²) >= 11 is 0. The van der Waals surface area contributed by atoms with Crippen molar-refractivity contribution in [2.24, 2.45) is 22.9 Å². The van der Waals surface area contributed by atoms with E-state index >= 15 is 0 Å². The Morgan fingerprint density at radius 2 is 1.12 bits per heavy atom. The highest BCUT2D eigenvalue weighted by atomic mass is 15.0. The van der Waals surface area contributed by atoms with Gasteiger partial charge in [-0.3, -0.25) is 0 Å². The lowest BCUT2D eigenvalue weighted by molar-refractivity contribution is 0.299. The lowest BCUT2D eigenvalue weighted by Gasteiger charge is -2.31. The average molecular weight is 343 g/mol. The molecule has 1 atom stereocenters. The molecule has 0 rings (SSSR count). The average Bonchev–Trinajstić information content (AvgIpc) is 2.56. The van der Waals surface area contributed by atoms with Crippen LogP contribution >= 0.6 is 0 Å². The van der Waals surface area contributed by atoms with Crippen molar-refractivity contribution in [2.75, 3.05) is 6.54 Å². The van der Waals surface area contributed by atoms with Gasteiger partial charge in [-0.25, -0.2) is 0 Å². The molecular formula is C20H46N4. The second kappa shape index (κ2) is 16.3. The van der Waals surface area contributed by atoms with Crippen molar-refractivity contribution in [3.8, 4) is 0 Å². The molecule has 4 heteroatoms. The fraction of sp³-hybridized carbons (Fsp3) is 1.00. The van der Waals surface area contributed by atoms with Crippen LogP contribution in [0.4, 0.5) is 0 Å². The zero-order valence-electron chi connectivity index (χ0n) is 16.4. The van der Waals surface area contributed by atoms with Crippen LogP contribution < -0.4 is 22.9 Å². The first-order valence-electron chi connectivity index (χ1n) is 10.6. The summed E-state index contributed by atoms with van der Waals surface area (Å²) in [5.74, 6) is 0. The lowest BCUT2D eigenvalue weighted by Crippen LogP contribution is -2.62. The normalized spacial score (nSPS) is 13.4. The number of nitrogens with two attached hydrogens (primary N) is 4. The van der Waals surface area contributed by atoms with Crippen LogP contribution in [0.15, 0.2) is 0 Å². The van der Waals surface area contributed by atoms with E-state index in [1.165, 1.54) is 70.6 Å². The van der Waals surface area contributed by atoms with E-state index < -0.39 is 5.66 Å². The number of hydrogen-bond acceptors (Lipinski definition) is 4. The van der Waals surface area contributed by atoms with Gasteiger partial charge in [-0.15, -0.1) is 0 Å². The smallest absolute Gasteiger partial charge is 0.0792 e. The molecule has 0 radical (unpaired) electrons. The topological polar surface area (TPSA) is 104 Å². The standard InChI is InChI=1S/C20H46N4/c1-2-3-4-5-6-7-8-9-11-14-17-20(23,24)19(22)16-13-10-12-15-18-21/h19H,2-18,21-24H2,1H3. The van der Waals surface area contributed by atoms with Crippen LogP contribution in [0.1, 0.15) is 110 Å². The van der Waals surface area contributed by atoms with Crippen molar-refractivity contribution in [3.63, 3.8) is 0 Å². The Labute approximate surface area is 151 Å². The molecule has 4 nitrogen and oxygen atoms in total. The minimum Gasteiger partial charge on any atom is -0.330 e. The third-order valence-corrected chi connectivity index (χ3v) is 5.12. The molecule has 0 aliphatic heterocycles. The molecule has 146 valence electrons. The van der Waals surface area contributed by atoms with E-state index in [9.17, 15) is 0 Å². The van der Waals surface area contributed by atoms with Gasteiger partial charge >= 0.3 is 0 Å². The third kappa shape index (κ3) is 14.2. The molecule has 0 saturated carbocycles. The molecule has 0 amide bonds. The molecule has 0 aromatic carbocycles. The Kier molecular flexibility index (Phi) is 16.2. The van der Waals surface area contributed by atoms with Gasteiger partial charge in [0.1, 0.15) is 0 Å². The molecule has 1 unspecified atom stereocenters. The highest BCUT2D eigenvalue weighted by molar-refractivity contribution is 4.88. The Balaban J connectivity index is 3.51. The first-order valence-corrected chi connectivity index (χ1v) is 10.6. The van der Waals surface area contributed by atoms with Gasteiger partial charge in [0.05, 0.1) is 5.66 Å². The highest BCUT2D eigenvalue weighted by Gasteiger charge is 2.26. The van der Waals surface area contributed by atoms with Gasteiger partial charge < -0.3 is 22.9 Å². The highest BCUT2D eigenvalue weighted by Crippen LogP contribution is 2.17. The Morgan fingerprint density at radius 3 is 1.67 bits per heavy atom. The molecule has 0 aromatic rings. The Bertz CT molecular complexity index is 256. The van der Waals surface area contributed by atoms with E-state index in [2.05, 4.69) is 6.92 Å². The molecular weight excluding hydrogens is 296 g/mol. The number of hydrogen-bond donors (Lipinski definition) is 4. The molecule has 24 heavy (non-hydrogen) atoms. The predicted molar refractivity (Wildman–Crippen MR) is 108 cm³/mol. The van der Waals surface area contributed by atoms with Crippen molar-refractivity contribution in [1.29, 1.82) is 0 Å². The molecule has 8 N–H and O–H groups in total. The van der Waals surface area contributed by atoms with Gasteiger partial charge in [0.2, 0.25) is 0 Å². The summed E-state index contributed by atoms with van der Waals surface area (Å²) in [5.41, 5.74) is 23.5. The maximum atomic E-state index is 6.24. The van der Waals surface area contributed by atoms with Crippen LogP contribution in [0, 0.1) is 0 Å². The third-order valence-electron chi connectivity index (χ3n) is 5.12. The van der Waals surface area contributed by atoms with Crippen LogP contribution in [0.3, 0.4) is 0 Å². The summed E-state index contributed by atoms with van der Waals surface area (Å²) in [6, 6.07) is -0.0889. The molecule has 0 fully saturated rings. The molecule has 0 saturated heterocycles. The van der Waals surface area contributed by atoms with Crippen LogP contribution in [-0.2, 0) is 0 Å². The monoisotopic (exact) mass is 342 g/mol. The van der Waals surface area contributed by atoms with E-state index in [-0.39, 0.29) is 6.04 Å². The van der Waals surface area contributed by atoms with Gasteiger partial charge in [0, 0.05) is 6.04 Å². The molecule has 0 aliphatic rings. The minimum absolute atomic E-state index is 0.0889. The first kappa shape index (κ1) is 23.8. The predicted octanol–water partition coefficient (Wildman–Crippen LogP) is 4.15. The number of unbranched alkanes of at least 4 members (excludes halogenated alkanes) is 12. The van der Waals surface area contributed by atoms with Crippen molar-refractivity contribution in [1.82, 2.24) is 0 Å². The maximum absolute atomic E-state index is 6.24. The minimum atomic E-state index is -0.700. The zero-order chi connectivity index (χ0) is 18.1. The van der Waals surface area contributed by atoms with Crippen LogP contribution in [0.5, 0.6) is 0 Å². The van der Waals surface area contributed by atoms with Crippen molar-refractivity contribution in [3.05, 3.63) is 0 Å². The molecule has 0 spiro atoms. The van der Waals surface area contributed by atoms with E-state index in [1.54, 1.807) is 0 Å². The second-order valence-electron chi connectivity index (χ2n) is 7.64. The van der Waals surface area contributed by atoms with E-state index in [1.807, 2.05) is 0 Å². The fourth-order valence-corrected chi connectivity index (χ4v) is 3.23. The van der Waals surface area contributed by atoms with Crippen LogP contribution in [0.2, 0.25) is 0 Å². The molecule has 0 aromatic heterocycles. The SMILES string of the molecule is CCCCCCCCCCCCC(N)(N)C(N)CCCCCCN. The summed E-state index contributed by atoms with van der Waals surface area (Å²) < 4.78 is 0. The molecule has 0 bridgehead atoms. The van der Waals surface area contributed by atoms with Crippen molar-refractivity contribution >= 4 is 0 Å². The summed E-state index contributed by atoms with van der Waals surface area (Å²) in [6.45, 7) is 3.05. The van der Waals surface area contributed by atoms with Crippen molar-refractivity contribution in [2.45, 2.75) is 121 Å². The second-order valence-corrected chi connectivity index (χ2v) is 7.64. The fourth-order valence-electron chi connectivity index (χ4n) is 3.23. The summed E-state index contributed by atoms with van der Waals surface area (Å²) in [7, 11) is 0. The van der Waals surface area contributed by atoms with Gasteiger partial charge in [0.25, 0.3) is 0 Å². The molecule has 0 aliphatic carbocycles. The summed E-state index contributed by atoms with van der Waals surface area (Å²) in [4.78, 5) is 0. The summed E-state index contributed by atoms with van der Waals surface area (Å²) in [5, 5.41) is 0. The van der Waals surface area contributed by atoms with E-state index in [4.69, 9.17) is 22.9 Å². The largest absolute Gasteiger partial charge is 0.330 e. The van der Waals surface area contributed by atoms with Gasteiger partial charge in [-0.2, -0.15) is 0 Å². The Morgan fingerprint density at radius 1 is 0.667 bits per heavy atom. The van der Waals surface area contributed by atoms with E-state index in [0.29, 0.717) is 0 Å². The lowest BCUT2D eigenvalue weighted by atomic mass is 9.91. The summed E-state index contributed by atoms with van der Waals surface area (Å²) in [6.07, 6.45) is 19.6. The van der Waals surface area contributed by atoms with Crippen LogP contribution in [-0.4, -0.2) is 18.2 Å². The Hall–Kier alpha value is -0.160. The first-order chi connectivity index (χ1) is 11.5.